The Hall–Kier alpha value is -0.580. The minimum atomic E-state index is -0.234. The zero-order valence-electron chi connectivity index (χ0n) is 12.5. The lowest BCUT2D eigenvalue weighted by Crippen LogP contribution is -2.28. The Kier molecular flexibility index (Phi) is 7.00. The number of rotatable bonds is 7. The van der Waals surface area contributed by atoms with Crippen molar-refractivity contribution >= 4 is 23.5 Å². The third-order valence-corrected chi connectivity index (χ3v) is 6.76. The fourth-order valence-electron chi connectivity index (χ4n) is 2.22. The summed E-state index contributed by atoms with van der Waals surface area (Å²) in [7, 11) is 0. The van der Waals surface area contributed by atoms with E-state index in [-0.39, 0.29) is 10.2 Å². The lowest BCUT2D eigenvalue weighted by Gasteiger charge is -2.34. The second-order valence-electron chi connectivity index (χ2n) is 5.23. The summed E-state index contributed by atoms with van der Waals surface area (Å²) < 4.78 is 5.65. The predicted octanol–water partition coefficient (Wildman–Crippen LogP) is 4.44. The summed E-state index contributed by atoms with van der Waals surface area (Å²) in [4.78, 5) is 0. The van der Waals surface area contributed by atoms with Crippen molar-refractivity contribution in [2.45, 2.75) is 43.0 Å². The molecule has 1 aliphatic rings. The van der Waals surface area contributed by atoms with Crippen LogP contribution in [-0.4, -0.2) is 26.8 Å². The van der Waals surface area contributed by atoms with Crippen LogP contribution >= 0.6 is 23.5 Å². The van der Waals surface area contributed by atoms with E-state index in [1.807, 2.05) is 54.9 Å². The highest BCUT2D eigenvalue weighted by Gasteiger charge is 2.33. The van der Waals surface area contributed by atoms with Crippen LogP contribution in [-0.2, 0) is 11.3 Å². The number of ether oxygens (including phenoxy) is 1. The molecule has 21 heavy (non-hydrogen) atoms. The summed E-state index contributed by atoms with van der Waals surface area (Å²) in [6, 6.07) is 10.2. The third-order valence-electron chi connectivity index (χ3n) is 3.48. The number of thioether (sulfide) groups is 2. The largest absolute Gasteiger partial charge is 0.497 e. The molecular formula is C17H24O2S2. The molecule has 1 N–H and O–H groups in total. The normalized spacial score (nSPS) is 19.5. The minimum Gasteiger partial charge on any atom is -0.497 e. The predicted molar refractivity (Wildman–Crippen MR) is 93.5 cm³/mol. The number of aliphatic hydroxyl groups excluding tert-OH is 1. The van der Waals surface area contributed by atoms with Gasteiger partial charge in [-0.15, -0.1) is 23.5 Å². The number of benzene rings is 1. The SMILES string of the molecule is CC[C@@H](O)CC1(/C=C/OCc2ccccc2)SCCCS1. The van der Waals surface area contributed by atoms with Gasteiger partial charge in [-0.3, -0.25) is 0 Å². The van der Waals surface area contributed by atoms with Crippen LogP contribution in [0.15, 0.2) is 42.7 Å². The molecule has 0 aromatic heterocycles. The van der Waals surface area contributed by atoms with Crippen molar-refractivity contribution in [3.05, 3.63) is 48.2 Å². The smallest absolute Gasteiger partial charge is 0.112 e. The van der Waals surface area contributed by atoms with Crippen LogP contribution in [0.25, 0.3) is 0 Å². The molecule has 4 heteroatoms. The minimum absolute atomic E-state index is 0.0234. The topological polar surface area (TPSA) is 29.5 Å². The van der Waals surface area contributed by atoms with E-state index in [4.69, 9.17) is 4.74 Å². The summed E-state index contributed by atoms with van der Waals surface area (Å²) in [5.41, 5.74) is 1.17. The molecule has 1 heterocycles. The summed E-state index contributed by atoms with van der Waals surface area (Å²) in [5.74, 6) is 2.32. The first-order chi connectivity index (χ1) is 10.2. The molecule has 0 aliphatic carbocycles. The Balaban J connectivity index is 1.90. The summed E-state index contributed by atoms with van der Waals surface area (Å²) in [6.45, 7) is 2.63. The molecule has 1 aliphatic heterocycles. The van der Waals surface area contributed by atoms with Crippen LogP contribution in [0.2, 0.25) is 0 Å². The summed E-state index contributed by atoms with van der Waals surface area (Å²) in [5, 5.41) is 10.0. The Labute approximate surface area is 136 Å². The zero-order valence-corrected chi connectivity index (χ0v) is 14.2. The first-order valence-corrected chi connectivity index (χ1v) is 9.50. The van der Waals surface area contributed by atoms with Crippen molar-refractivity contribution in [2.75, 3.05) is 11.5 Å². The van der Waals surface area contributed by atoms with E-state index in [0.717, 1.165) is 24.3 Å². The van der Waals surface area contributed by atoms with E-state index in [2.05, 4.69) is 18.2 Å². The van der Waals surface area contributed by atoms with Gasteiger partial charge in [0.2, 0.25) is 0 Å². The first kappa shape index (κ1) is 16.8. The molecule has 0 radical (unpaired) electrons. The van der Waals surface area contributed by atoms with Gasteiger partial charge in [0.05, 0.1) is 16.4 Å². The van der Waals surface area contributed by atoms with E-state index in [9.17, 15) is 5.11 Å². The van der Waals surface area contributed by atoms with Gasteiger partial charge >= 0.3 is 0 Å². The number of hydrogen-bond acceptors (Lipinski definition) is 4. The molecule has 0 saturated carbocycles. The fourth-order valence-corrected chi connectivity index (χ4v) is 5.42. The molecule has 2 nitrogen and oxygen atoms in total. The Bertz CT molecular complexity index is 428. The van der Waals surface area contributed by atoms with E-state index in [0.29, 0.717) is 6.61 Å². The molecule has 0 amide bonds. The van der Waals surface area contributed by atoms with Crippen LogP contribution in [0.4, 0.5) is 0 Å². The standard InChI is InChI=1S/C17H24O2S2/c1-2-16(18)13-17(20-11-6-12-21-17)9-10-19-14-15-7-4-3-5-8-15/h3-5,7-10,16,18H,2,6,11-14H2,1H3/b10-9+/t16-/m1/s1. The molecule has 0 spiro atoms. The van der Waals surface area contributed by atoms with E-state index in [1.54, 1.807) is 0 Å². The quantitative estimate of drug-likeness (QED) is 0.751. The summed E-state index contributed by atoms with van der Waals surface area (Å²) in [6.07, 6.45) is 6.58. The highest BCUT2D eigenvalue weighted by atomic mass is 32.2. The van der Waals surface area contributed by atoms with Crippen LogP contribution < -0.4 is 0 Å². The maximum Gasteiger partial charge on any atom is 0.112 e. The van der Waals surface area contributed by atoms with Crippen molar-refractivity contribution in [3.8, 4) is 0 Å². The van der Waals surface area contributed by atoms with Gasteiger partial charge in [0.1, 0.15) is 6.61 Å². The van der Waals surface area contributed by atoms with Crippen molar-refractivity contribution < 1.29 is 9.84 Å². The molecule has 116 valence electrons. The number of hydrogen-bond donors (Lipinski definition) is 1. The molecule has 1 aromatic rings. The number of aliphatic hydroxyl groups is 1. The van der Waals surface area contributed by atoms with Gasteiger partial charge < -0.3 is 9.84 Å². The van der Waals surface area contributed by atoms with Gasteiger partial charge in [-0.2, -0.15) is 0 Å². The summed E-state index contributed by atoms with van der Waals surface area (Å²) >= 11 is 3.87. The maximum absolute atomic E-state index is 10.0. The van der Waals surface area contributed by atoms with Crippen molar-refractivity contribution in [1.29, 1.82) is 0 Å². The molecule has 2 rings (SSSR count). The monoisotopic (exact) mass is 324 g/mol. The fraction of sp³-hybridized carbons (Fsp3) is 0.529. The molecule has 1 saturated heterocycles. The zero-order chi connectivity index (χ0) is 15.0. The molecular weight excluding hydrogens is 300 g/mol. The van der Waals surface area contributed by atoms with Gasteiger partial charge in [0.25, 0.3) is 0 Å². The van der Waals surface area contributed by atoms with Crippen molar-refractivity contribution in [2.24, 2.45) is 0 Å². The van der Waals surface area contributed by atoms with Gasteiger partial charge in [-0.25, -0.2) is 0 Å². The van der Waals surface area contributed by atoms with Gasteiger partial charge in [-0.1, -0.05) is 37.3 Å². The van der Waals surface area contributed by atoms with Crippen molar-refractivity contribution in [3.63, 3.8) is 0 Å². The average molecular weight is 325 g/mol. The second-order valence-corrected chi connectivity index (χ2v) is 8.34. The van der Waals surface area contributed by atoms with Crippen LogP contribution in [0.3, 0.4) is 0 Å². The van der Waals surface area contributed by atoms with Crippen LogP contribution in [0, 0.1) is 0 Å². The first-order valence-electron chi connectivity index (χ1n) is 7.53. The van der Waals surface area contributed by atoms with E-state index < -0.39 is 0 Å². The highest BCUT2D eigenvalue weighted by Crippen LogP contribution is 2.46. The van der Waals surface area contributed by atoms with E-state index >= 15 is 0 Å². The third kappa shape index (κ3) is 5.61. The van der Waals surface area contributed by atoms with E-state index in [1.165, 1.54) is 12.0 Å². The van der Waals surface area contributed by atoms with Gasteiger partial charge in [0.15, 0.2) is 0 Å². The Morgan fingerprint density at radius 2 is 2.00 bits per heavy atom. The molecule has 0 bridgehead atoms. The Morgan fingerprint density at radius 3 is 2.67 bits per heavy atom. The highest BCUT2D eigenvalue weighted by molar-refractivity contribution is 8.19. The molecule has 1 aromatic carbocycles. The van der Waals surface area contributed by atoms with Crippen LogP contribution in [0.1, 0.15) is 31.7 Å². The average Bonchev–Trinajstić information content (AvgIpc) is 2.53. The van der Waals surface area contributed by atoms with Crippen LogP contribution in [0.5, 0.6) is 0 Å². The van der Waals surface area contributed by atoms with Crippen molar-refractivity contribution in [1.82, 2.24) is 0 Å². The van der Waals surface area contributed by atoms with Gasteiger partial charge in [-0.05, 0) is 36.0 Å². The maximum atomic E-state index is 10.0. The second kappa shape index (κ2) is 8.76. The Morgan fingerprint density at radius 1 is 1.29 bits per heavy atom. The molecule has 0 unspecified atom stereocenters. The molecule has 1 fully saturated rings. The lowest BCUT2D eigenvalue weighted by atomic mass is 10.1. The lowest BCUT2D eigenvalue weighted by molar-refractivity contribution is 0.159. The van der Waals surface area contributed by atoms with Gasteiger partial charge in [0, 0.05) is 6.42 Å². The molecule has 1 atom stereocenters.